The highest BCUT2D eigenvalue weighted by atomic mass is 32.2. The number of rotatable bonds is 8. The number of anilines is 2. The van der Waals surface area contributed by atoms with Crippen molar-refractivity contribution in [2.75, 3.05) is 36.6 Å². The van der Waals surface area contributed by atoms with Crippen LogP contribution in [0.2, 0.25) is 0 Å². The number of ether oxygens (including phenoxy) is 2. The number of aliphatic hydroxyl groups is 1. The van der Waals surface area contributed by atoms with Gasteiger partial charge in [0.2, 0.25) is 0 Å². The minimum absolute atomic E-state index is 0.166. The molecule has 1 amide bonds. The van der Waals surface area contributed by atoms with Crippen molar-refractivity contribution in [2.45, 2.75) is 36.9 Å². The monoisotopic (exact) mass is 482 g/mol. The van der Waals surface area contributed by atoms with Crippen LogP contribution in [0.3, 0.4) is 0 Å². The number of aromatic nitrogens is 2. The molecule has 2 aromatic rings. The van der Waals surface area contributed by atoms with Crippen molar-refractivity contribution in [3.05, 3.63) is 60.0 Å². The van der Waals surface area contributed by atoms with Crippen LogP contribution in [-0.4, -0.2) is 46.7 Å². The molecule has 4 rings (SSSR count). The second-order valence-electron chi connectivity index (χ2n) is 8.21. The van der Waals surface area contributed by atoms with Crippen LogP contribution in [-0.2, 0) is 14.2 Å². The third-order valence-electron chi connectivity index (χ3n) is 5.76. The summed E-state index contributed by atoms with van der Waals surface area (Å²) in [5.41, 5.74) is 8.48. The number of amides is 1. The molecule has 9 heteroatoms. The molecule has 1 aliphatic carbocycles. The number of hydrogen-bond donors (Lipinski definition) is 3. The van der Waals surface area contributed by atoms with Crippen LogP contribution in [0.15, 0.2) is 54.3 Å². The van der Waals surface area contributed by atoms with E-state index in [2.05, 4.69) is 10.3 Å². The van der Waals surface area contributed by atoms with Gasteiger partial charge in [-0.15, -0.1) is 11.8 Å². The van der Waals surface area contributed by atoms with E-state index in [0.29, 0.717) is 36.3 Å². The number of nitrogens with one attached hydrogen (secondary N) is 1. The van der Waals surface area contributed by atoms with Gasteiger partial charge in [-0.2, -0.15) is 0 Å². The molecule has 1 aliphatic heterocycles. The number of aliphatic hydroxyl groups excluding tert-OH is 1. The van der Waals surface area contributed by atoms with E-state index in [9.17, 15) is 9.90 Å². The van der Waals surface area contributed by atoms with Gasteiger partial charge in [-0.25, -0.2) is 14.8 Å². The first kappa shape index (κ1) is 24.3. The van der Waals surface area contributed by atoms with Gasteiger partial charge in [0.05, 0.1) is 10.4 Å². The Morgan fingerprint density at radius 2 is 2.00 bits per heavy atom. The second kappa shape index (κ2) is 11.5. The van der Waals surface area contributed by atoms with Gasteiger partial charge in [-0.1, -0.05) is 6.08 Å². The Labute approximate surface area is 203 Å². The number of hydrogen-bond acceptors (Lipinski definition) is 8. The molecule has 2 aliphatic rings. The van der Waals surface area contributed by atoms with Crippen LogP contribution in [0.5, 0.6) is 0 Å². The molecular weight excluding hydrogens is 452 g/mol. The third kappa shape index (κ3) is 6.16. The molecule has 34 heavy (non-hydrogen) atoms. The van der Waals surface area contributed by atoms with Crippen LogP contribution in [0.1, 0.15) is 37.8 Å². The SMILES string of the molecule is Nc1cc(C2(SCCCO)CCOCC2)nc(-c2ccc(NC(=O)OC3=CCCC=C3)cc2)n1. The Hall–Kier alpha value is -2.88. The zero-order chi connectivity index (χ0) is 23.8. The minimum atomic E-state index is -0.533. The molecule has 1 aromatic heterocycles. The Balaban J connectivity index is 1.50. The number of nitrogen functional groups attached to an aromatic ring is 1. The molecule has 1 fully saturated rings. The molecule has 8 nitrogen and oxygen atoms in total. The molecule has 1 saturated heterocycles. The Morgan fingerprint density at radius 1 is 1.21 bits per heavy atom. The molecular formula is C25H30N4O4S. The summed E-state index contributed by atoms with van der Waals surface area (Å²) in [6.07, 6.45) is 9.35. The number of carbonyl (C=O) groups is 1. The van der Waals surface area contributed by atoms with Gasteiger partial charge in [-0.3, -0.25) is 5.32 Å². The standard InChI is InChI=1S/C25H30N4O4S/c26-22-17-21(25(34-16-4-13-30)11-14-32-15-12-25)28-23(29-22)18-7-9-19(10-8-18)27-24(31)33-20-5-2-1-3-6-20/h2,5-10,17,30H,1,3-4,11-16H2,(H,27,31)(H2,26,28,29). The minimum Gasteiger partial charge on any atom is -0.410 e. The molecule has 4 N–H and O–H groups in total. The topological polar surface area (TPSA) is 120 Å². The number of nitrogens with two attached hydrogens (primary N) is 1. The van der Waals surface area contributed by atoms with E-state index in [4.69, 9.17) is 20.2 Å². The van der Waals surface area contributed by atoms with Crippen LogP contribution < -0.4 is 11.1 Å². The largest absolute Gasteiger partial charge is 0.417 e. The number of carbonyl (C=O) groups excluding carboxylic acids is 1. The highest BCUT2D eigenvalue weighted by molar-refractivity contribution is 8.00. The van der Waals surface area contributed by atoms with Gasteiger partial charge in [0.25, 0.3) is 0 Å². The number of nitrogens with zero attached hydrogens (tertiary/aromatic N) is 2. The van der Waals surface area contributed by atoms with Crippen LogP contribution in [0, 0.1) is 0 Å². The van der Waals surface area contributed by atoms with Gasteiger partial charge in [0, 0.05) is 37.1 Å². The normalized spacial score (nSPS) is 17.1. The molecule has 0 atom stereocenters. The predicted molar refractivity (Wildman–Crippen MR) is 134 cm³/mol. The molecule has 0 saturated carbocycles. The zero-order valence-electron chi connectivity index (χ0n) is 19.0. The lowest BCUT2D eigenvalue weighted by molar-refractivity contribution is 0.0758. The van der Waals surface area contributed by atoms with E-state index in [1.807, 2.05) is 30.4 Å². The van der Waals surface area contributed by atoms with E-state index in [1.54, 1.807) is 30.0 Å². The van der Waals surface area contributed by atoms with Gasteiger partial charge in [-0.05, 0) is 74.3 Å². The van der Waals surface area contributed by atoms with Gasteiger partial charge in [0.15, 0.2) is 5.82 Å². The average Bonchev–Trinajstić information content (AvgIpc) is 2.85. The number of benzene rings is 1. The van der Waals surface area contributed by atoms with Crippen LogP contribution >= 0.6 is 11.8 Å². The van der Waals surface area contributed by atoms with Crippen LogP contribution in [0.4, 0.5) is 16.3 Å². The smallest absolute Gasteiger partial charge is 0.410 e. The fourth-order valence-corrected chi connectivity index (χ4v) is 5.33. The summed E-state index contributed by atoms with van der Waals surface area (Å²) >= 11 is 1.80. The Bertz CT molecular complexity index is 1050. The van der Waals surface area contributed by atoms with Crippen molar-refractivity contribution in [3.63, 3.8) is 0 Å². The molecule has 180 valence electrons. The second-order valence-corrected chi connectivity index (χ2v) is 9.69. The van der Waals surface area contributed by atoms with Crippen molar-refractivity contribution in [3.8, 4) is 11.4 Å². The zero-order valence-corrected chi connectivity index (χ0v) is 19.9. The maximum absolute atomic E-state index is 12.2. The summed E-state index contributed by atoms with van der Waals surface area (Å²) in [6, 6.07) is 9.12. The van der Waals surface area contributed by atoms with E-state index < -0.39 is 6.09 Å². The molecule has 0 unspecified atom stereocenters. The lowest BCUT2D eigenvalue weighted by Crippen LogP contribution is -2.32. The van der Waals surface area contributed by atoms with Crippen molar-refractivity contribution >= 4 is 29.4 Å². The molecule has 2 heterocycles. The van der Waals surface area contributed by atoms with Gasteiger partial charge in [0.1, 0.15) is 11.6 Å². The maximum Gasteiger partial charge on any atom is 0.417 e. The molecule has 0 bridgehead atoms. The fourth-order valence-electron chi connectivity index (χ4n) is 3.95. The van der Waals surface area contributed by atoms with Crippen molar-refractivity contribution in [2.24, 2.45) is 0 Å². The summed E-state index contributed by atoms with van der Waals surface area (Å²) in [7, 11) is 0. The maximum atomic E-state index is 12.2. The predicted octanol–water partition coefficient (Wildman–Crippen LogP) is 4.63. The average molecular weight is 483 g/mol. The van der Waals surface area contributed by atoms with Gasteiger partial charge >= 0.3 is 6.09 Å². The highest BCUT2D eigenvalue weighted by Gasteiger charge is 2.37. The summed E-state index contributed by atoms with van der Waals surface area (Å²) in [4.78, 5) is 21.5. The van der Waals surface area contributed by atoms with Gasteiger partial charge < -0.3 is 20.3 Å². The van der Waals surface area contributed by atoms with E-state index >= 15 is 0 Å². The molecule has 1 aromatic carbocycles. The summed E-state index contributed by atoms with van der Waals surface area (Å²) < 4.78 is 10.7. The lowest BCUT2D eigenvalue weighted by Gasteiger charge is -2.36. The van der Waals surface area contributed by atoms with Crippen molar-refractivity contribution < 1.29 is 19.4 Å². The fraction of sp³-hybridized carbons (Fsp3) is 0.400. The van der Waals surface area contributed by atoms with E-state index in [-0.39, 0.29) is 11.4 Å². The lowest BCUT2D eigenvalue weighted by atomic mass is 9.94. The first-order valence-corrected chi connectivity index (χ1v) is 12.5. The first-order valence-electron chi connectivity index (χ1n) is 11.5. The quantitative estimate of drug-likeness (QED) is 0.466. The Morgan fingerprint density at radius 3 is 2.71 bits per heavy atom. The van der Waals surface area contributed by atoms with Crippen molar-refractivity contribution in [1.82, 2.24) is 9.97 Å². The highest BCUT2D eigenvalue weighted by Crippen LogP contribution is 2.45. The Kier molecular flexibility index (Phi) is 8.21. The molecule has 0 spiro atoms. The summed E-state index contributed by atoms with van der Waals surface area (Å²) in [5, 5.41) is 12.0. The van der Waals surface area contributed by atoms with E-state index in [0.717, 1.165) is 49.1 Å². The number of thioether (sulfide) groups is 1. The summed E-state index contributed by atoms with van der Waals surface area (Å²) in [5.74, 6) is 2.34. The van der Waals surface area contributed by atoms with Crippen LogP contribution in [0.25, 0.3) is 11.4 Å². The molecule has 0 radical (unpaired) electrons. The third-order valence-corrected chi connectivity index (χ3v) is 7.42. The number of allylic oxidation sites excluding steroid dienone is 3. The summed E-state index contributed by atoms with van der Waals surface area (Å²) in [6.45, 7) is 1.49. The first-order chi connectivity index (χ1) is 16.6. The van der Waals surface area contributed by atoms with Crippen molar-refractivity contribution in [1.29, 1.82) is 0 Å². The van der Waals surface area contributed by atoms with E-state index in [1.165, 1.54) is 0 Å².